The van der Waals surface area contributed by atoms with Gasteiger partial charge in [0.1, 0.15) is 5.01 Å². The largest absolute Gasteiger partial charge is 0.310 e. The lowest BCUT2D eigenvalue weighted by Gasteiger charge is -2.06. The Hall–Kier alpha value is -0.780. The third-order valence-corrected chi connectivity index (χ3v) is 4.32. The van der Waals surface area contributed by atoms with E-state index in [0.717, 1.165) is 28.0 Å². The Morgan fingerprint density at radius 2 is 2.16 bits per heavy atom. The number of halogens is 1. The molecule has 0 saturated heterocycles. The van der Waals surface area contributed by atoms with E-state index in [0.29, 0.717) is 6.04 Å². The molecule has 5 heteroatoms. The smallest absolute Gasteiger partial charge is 0.125 e. The Balaban J connectivity index is 2.27. The Bertz CT molecular complexity index is 551. The van der Waals surface area contributed by atoms with Crippen molar-refractivity contribution in [2.75, 3.05) is 0 Å². The van der Waals surface area contributed by atoms with E-state index in [1.807, 2.05) is 6.20 Å². The molecule has 3 nitrogen and oxygen atoms in total. The van der Waals surface area contributed by atoms with Crippen LogP contribution in [0, 0.1) is 0 Å². The minimum Gasteiger partial charge on any atom is -0.310 e. The summed E-state index contributed by atoms with van der Waals surface area (Å²) in [5.74, 6) is 0. The van der Waals surface area contributed by atoms with Gasteiger partial charge in [-0.3, -0.25) is 4.98 Å². The first-order chi connectivity index (χ1) is 9.10. The SMILES string of the molecule is CCc1nc(-c2cncc(Br)c2)sc1CNC(C)C. The number of aryl methyl sites for hydroxylation is 1. The van der Waals surface area contributed by atoms with Gasteiger partial charge < -0.3 is 5.32 Å². The summed E-state index contributed by atoms with van der Waals surface area (Å²) in [6.07, 6.45) is 4.62. The Kier molecular flexibility index (Phi) is 5.07. The third-order valence-electron chi connectivity index (χ3n) is 2.74. The molecule has 0 spiro atoms. The highest BCUT2D eigenvalue weighted by atomic mass is 79.9. The van der Waals surface area contributed by atoms with E-state index in [2.05, 4.69) is 53.1 Å². The number of rotatable bonds is 5. The van der Waals surface area contributed by atoms with Crippen LogP contribution >= 0.6 is 27.3 Å². The van der Waals surface area contributed by atoms with Crippen molar-refractivity contribution in [2.24, 2.45) is 0 Å². The van der Waals surface area contributed by atoms with Gasteiger partial charge in [-0.15, -0.1) is 11.3 Å². The molecule has 0 atom stereocenters. The molecule has 0 unspecified atom stereocenters. The van der Waals surface area contributed by atoms with Gasteiger partial charge in [0, 0.05) is 39.9 Å². The number of nitrogens with one attached hydrogen (secondary N) is 1. The predicted molar refractivity (Wildman–Crippen MR) is 84.4 cm³/mol. The number of nitrogens with zero attached hydrogens (tertiary/aromatic N) is 2. The van der Waals surface area contributed by atoms with Crippen LogP contribution in [0.2, 0.25) is 0 Å². The Morgan fingerprint density at radius 1 is 1.37 bits per heavy atom. The molecule has 0 saturated carbocycles. The summed E-state index contributed by atoms with van der Waals surface area (Å²) in [6.45, 7) is 7.36. The van der Waals surface area contributed by atoms with Crippen LogP contribution in [0.5, 0.6) is 0 Å². The average Bonchev–Trinajstić information content (AvgIpc) is 2.79. The topological polar surface area (TPSA) is 37.8 Å². The van der Waals surface area contributed by atoms with Crippen LogP contribution in [-0.4, -0.2) is 16.0 Å². The van der Waals surface area contributed by atoms with Gasteiger partial charge in [-0.2, -0.15) is 0 Å². The van der Waals surface area contributed by atoms with Crippen molar-refractivity contribution in [1.82, 2.24) is 15.3 Å². The molecule has 2 aromatic heterocycles. The molecule has 0 aliphatic heterocycles. The van der Waals surface area contributed by atoms with Crippen molar-refractivity contribution in [3.8, 4) is 10.6 Å². The molecule has 0 radical (unpaired) electrons. The first kappa shape index (κ1) is 14.6. The summed E-state index contributed by atoms with van der Waals surface area (Å²) in [6, 6.07) is 2.55. The van der Waals surface area contributed by atoms with Crippen molar-refractivity contribution in [3.05, 3.63) is 33.5 Å². The van der Waals surface area contributed by atoms with Crippen LogP contribution in [-0.2, 0) is 13.0 Å². The lowest BCUT2D eigenvalue weighted by atomic mass is 10.2. The molecule has 19 heavy (non-hydrogen) atoms. The van der Waals surface area contributed by atoms with Crippen LogP contribution < -0.4 is 5.32 Å². The van der Waals surface area contributed by atoms with Crippen molar-refractivity contribution in [1.29, 1.82) is 0 Å². The van der Waals surface area contributed by atoms with Gasteiger partial charge in [0.15, 0.2) is 0 Å². The summed E-state index contributed by atoms with van der Waals surface area (Å²) in [4.78, 5) is 10.3. The van der Waals surface area contributed by atoms with E-state index in [1.165, 1.54) is 10.6 Å². The fourth-order valence-corrected chi connectivity index (χ4v) is 3.19. The second-order valence-corrected chi connectivity index (χ2v) is 6.67. The van der Waals surface area contributed by atoms with Gasteiger partial charge in [-0.05, 0) is 28.4 Å². The zero-order valence-electron chi connectivity index (χ0n) is 11.4. The molecule has 1 N–H and O–H groups in total. The first-order valence-corrected chi connectivity index (χ1v) is 8.04. The molecule has 0 amide bonds. The molecule has 2 aromatic rings. The molecule has 0 aromatic carbocycles. The Labute approximate surface area is 126 Å². The number of aromatic nitrogens is 2. The highest BCUT2D eigenvalue weighted by Crippen LogP contribution is 2.29. The maximum atomic E-state index is 4.74. The molecule has 0 fully saturated rings. The Morgan fingerprint density at radius 3 is 2.79 bits per heavy atom. The van der Waals surface area contributed by atoms with Gasteiger partial charge in [0.05, 0.1) is 5.69 Å². The molecule has 102 valence electrons. The maximum Gasteiger partial charge on any atom is 0.125 e. The molecule has 0 aliphatic carbocycles. The van der Waals surface area contributed by atoms with Gasteiger partial charge in [-0.25, -0.2) is 4.98 Å². The highest BCUT2D eigenvalue weighted by Gasteiger charge is 2.12. The molecule has 2 heterocycles. The molecule has 0 aliphatic rings. The van der Waals surface area contributed by atoms with E-state index in [-0.39, 0.29) is 0 Å². The van der Waals surface area contributed by atoms with E-state index in [4.69, 9.17) is 4.98 Å². The number of pyridine rings is 1. The second kappa shape index (κ2) is 6.59. The van der Waals surface area contributed by atoms with Crippen LogP contribution in [0.4, 0.5) is 0 Å². The van der Waals surface area contributed by atoms with Crippen molar-refractivity contribution in [2.45, 2.75) is 39.8 Å². The summed E-state index contributed by atoms with van der Waals surface area (Å²) < 4.78 is 0.986. The fraction of sp³-hybridized carbons (Fsp3) is 0.429. The van der Waals surface area contributed by atoms with Crippen LogP contribution in [0.15, 0.2) is 22.9 Å². The lowest BCUT2D eigenvalue weighted by Crippen LogP contribution is -2.21. The zero-order valence-corrected chi connectivity index (χ0v) is 13.8. The van der Waals surface area contributed by atoms with E-state index < -0.39 is 0 Å². The molecular weight excluding hydrogens is 322 g/mol. The second-order valence-electron chi connectivity index (χ2n) is 4.67. The van der Waals surface area contributed by atoms with Gasteiger partial charge in [0.2, 0.25) is 0 Å². The standard InChI is InChI=1S/C14H18BrN3S/c1-4-12-13(8-17-9(2)3)19-14(18-12)10-5-11(15)7-16-6-10/h5-7,9,17H,4,8H2,1-3H3. The normalized spacial score (nSPS) is 11.2. The molecule has 2 rings (SSSR count). The summed E-state index contributed by atoms with van der Waals surface area (Å²) in [5, 5.41) is 4.51. The van der Waals surface area contributed by atoms with Crippen LogP contribution in [0.1, 0.15) is 31.3 Å². The van der Waals surface area contributed by atoms with Gasteiger partial charge >= 0.3 is 0 Å². The van der Waals surface area contributed by atoms with Crippen molar-refractivity contribution >= 4 is 27.3 Å². The first-order valence-electron chi connectivity index (χ1n) is 6.43. The van der Waals surface area contributed by atoms with Crippen LogP contribution in [0.3, 0.4) is 0 Å². The quantitative estimate of drug-likeness (QED) is 0.893. The minimum absolute atomic E-state index is 0.489. The van der Waals surface area contributed by atoms with Gasteiger partial charge in [-0.1, -0.05) is 20.8 Å². The fourth-order valence-electron chi connectivity index (χ4n) is 1.75. The molecule has 0 bridgehead atoms. The number of thiazole rings is 1. The van der Waals surface area contributed by atoms with E-state index in [9.17, 15) is 0 Å². The molecular formula is C14H18BrN3S. The zero-order chi connectivity index (χ0) is 13.8. The third kappa shape index (κ3) is 3.84. The van der Waals surface area contributed by atoms with E-state index >= 15 is 0 Å². The van der Waals surface area contributed by atoms with Crippen molar-refractivity contribution < 1.29 is 0 Å². The maximum absolute atomic E-state index is 4.74. The van der Waals surface area contributed by atoms with E-state index in [1.54, 1.807) is 17.5 Å². The summed E-state index contributed by atoms with van der Waals surface area (Å²) in [7, 11) is 0. The number of hydrogen-bond acceptors (Lipinski definition) is 4. The predicted octanol–water partition coefficient (Wildman–Crippen LogP) is 4.03. The minimum atomic E-state index is 0.489. The summed E-state index contributed by atoms with van der Waals surface area (Å²) in [5.41, 5.74) is 2.26. The van der Waals surface area contributed by atoms with Crippen LogP contribution in [0.25, 0.3) is 10.6 Å². The van der Waals surface area contributed by atoms with Gasteiger partial charge in [0.25, 0.3) is 0 Å². The van der Waals surface area contributed by atoms with Crippen molar-refractivity contribution in [3.63, 3.8) is 0 Å². The highest BCUT2D eigenvalue weighted by molar-refractivity contribution is 9.10. The lowest BCUT2D eigenvalue weighted by molar-refractivity contribution is 0.590. The number of hydrogen-bond donors (Lipinski definition) is 1. The average molecular weight is 340 g/mol. The monoisotopic (exact) mass is 339 g/mol. The summed E-state index contributed by atoms with van der Waals surface area (Å²) >= 11 is 5.21.